The molecule has 132 valence electrons. The smallest absolute Gasteiger partial charge is 0.257 e. The van der Waals surface area contributed by atoms with Gasteiger partial charge in [0.15, 0.2) is 5.17 Å². The van der Waals surface area contributed by atoms with Gasteiger partial charge in [-0.3, -0.25) is 9.79 Å². The molecule has 1 atom stereocenters. The lowest BCUT2D eigenvalue weighted by atomic mass is 9.96. The predicted molar refractivity (Wildman–Crippen MR) is 104 cm³/mol. The summed E-state index contributed by atoms with van der Waals surface area (Å²) in [7, 11) is 1.90. The number of benzene rings is 1. The third kappa shape index (κ3) is 4.98. The number of rotatable bonds is 7. The topological polar surface area (TPSA) is 65.5 Å². The Hall–Kier alpha value is -1.53. The number of amides is 1. The zero-order chi connectivity index (χ0) is 17.5. The number of aliphatic imine (C=N–C) groups is 1. The SMILES string of the molecule is CCCCNc1ccc(C(=O)NC2=NCC(NC)S2)c(C(C)C)c1. The highest BCUT2D eigenvalue weighted by molar-refractivity contribution is 8.14. The first-order valence-electron chi connectivity index (χ1n) is 8.62. The molecule has 2 rings (SSSR count). The molecule has 1 heterocycles. The maximum Gasteiger partial charge on any atom is 0.257 e. The first-order chi connectivity index (χ1) is 11.5. The van der Waals surface area contributed by atoms with Crippen molar-refractivity contribution in [2.45, 2.75) is 44.9 Å². The van der Waals surface area contributed by atoms with Crippen molar-refractivity contribution in [3.63, 3.8) is 0 Å². The minimum absolute atomic E-state index is 0.0817. The highest BCUT2D eigenvalue weighted by Crippen LogP contribution is 2.24. The zero-order valence-corrected chi connectivity index (χ0v) is 15.8. The Labute approximate surface area is 149 Å². The largest absolute Gasteiger partial charge is 0.385 e. The molecule has 0 aliphatic carbocycles. The van der Waals surface area contributed by atoms with Crippen LogP contribution < -0.4 is 16.0 Å². The summed E-state index contributed by atoms with van der Waals surface area (Å²) in [5, 5.41) is 10.5. The van der Waals surface area contributed by atoms with E-state index in [2.05, 4.69) is 47.8 Å². The van der Waals surface area contributed by atoms with Gasteiger partial charge in [0, 0.05) is 17.8 Å². The Bertz CT molecular complexity index is 601. The quantitative estimate of drug-likeness (QED) is 0.661. The van der Waals surface area contributed by atoms with Crippen LogP contribution >= 0.6 is 11.8 Å². The average molecular weight is 349 g/mol. The Kier molecular flexibility index (Phi) is 7.12. The molecule has 6 heteroatoms. The molecule has 1 aliphatic heterocycles. The van der Waals surface area contributed by atoms with E-state index in [1.54, 1.807) is 11.8 Å². The van der Waals surface area contributed by atoms with Crippen LogP contribution in [0.3, 0.4) is 0 Å². The van der Waals surface area contributed by atoms with Gasteiger partial charge in [-0.1, -0.05) is 39.0 Å². The summed E-state index contributed by atoms with van der Waals surface area (Å²) in [6.45, 7) is 8.05. The first-order valence-corrected chi connectivity index (χ1v) is 9.50. The molecule has 1 unspecified atom stereocenters. The molecule has 0 aromatic heterocycles. The van der Waals surface area contributed by atoms with Crippen LogP contribution in [0.2, 0.25) is 0 Å². The molecular formula is C18H28N4OS. The lowest BCUT2D eigenvalue weighted by molar-refractivity contribution is 0.0976. The summed E-state index contributed by atoms with van der Waals surface area (Å²) in [4.78, 5) is 17.0. The number of likely N-dealkylation sites (N-methyl/N-ethyl adjacent to an activating group) is 1. The normalized spacial score (nSPS) is 17.0. The number of thioether (sulfide) groups is 1. The number of hydrogen-bond acceptors (Lipinski definition) is 5. The van der Waals surface area contributed by atoms with Gasteiger partial charge in [-0.05, 0) is 43.1 Å². The summed E-state index contributed by atoms with van der Waals surface area (Å²) in [5.74, 6) is 0.198. The lowest BCUT2D eigenvalue weighted by Gasteiger charge is -2.15. The van der Waals surface area contributed by atoms with E-state index in [9.17, 15) is 4.79 Å². The van der Waals surface area contributed by atoms with Crippen LogP contribution in [-0.4, -0.2) is 36.6 Å². The van der Waals surface area contributed by atoms with E-state index in [1.165, 1.54) is 0 Å². The molecule has 0 saturated heterocycles. The molecule has 3 N–H and O–H groups in total. The van der Waals surface area contributed by atoms with E-state index in [1.807, 2.05) is 19.2 Å². The van der Waals surface area contributed by atoms with Gasteiger partial charge in [-0.15, -0.1) is 0 Å². The van der Waals surface area contributed by atoms with Gasteiger partial charge in [0.25, 0.3) is 5.91 Å². The third-order valence-electron chi connectivity index (χ3n) is 3.97. The number of carbonyl (C=O) groups excluding carboxylic acids is 1. The molecule has 0 fully saturated rings. The summed E-state index contributed by atoms with van der Waals surface area (Å²) < 4.78 is 0. The number of amidine groups is 1. The van der Waals surface area contributed by atoms with Crippen molar-refractivity contribution < 1.29 is 4.79 Å². The van der Waals surface area contributed by atoms with Crippen molar-refractivity contribution in [1.82, 2.24) is 10.6 Å². The highest BCUT2D eigenvalue weighted by Gasteiger charge is 2.21. The first kappa shape index (κ1) is 18.8. The van der Waals surface area contributed by atoms with Crippen LogP contribution in [0.15, 0.2) is 23.2 Å². The number of nitrogens with zero attached hydrogens (tertiary/aromatic N) is 1. The van der Waals surface area contributed by atoms with Crippen molar-refractivity contribution >= 4 is 28.5 Å². The van der Waals surface area contributed by atoms with Crippen molar-refractivity contribution in [1.29, 1.82) is 0 Å². The highest BCUT2D eigenvalue weighted by atomic mass is 32.2. The van der Waals surface area contributed by atoms with Crippen molar-refractivity contribution in [2.24, 2.45) is 4.99 Å². The maximum absolute atomic E-state index is 12.6. The second-order valence-corrected chi connectivity index (χ2v) is 7.42. The summed E-state index contributed by atoms with van der Waals surface area (Å²) in [6, 6.07) is 5.99. The molecule has 24 heavy (non-hydrogen) atoms. The molecule has 1 aromatic rings. The molecule has 0 radical (unpaired) electrons. The van der Waals surface area contributed by atoms with Gasteiger partial charge in [0.1, 0.15) is 0 Å². The standard InChI is InChI=1S/C18H28N4OS/c1-5-6-9-20-13-7-8-14(15(10-13)12(2)3)17(23)22-18-21-11-16(19-4)24-18/h7-8,10,12,16,19-20H,5-6,9,11H2,1-4H3,(H,21,22,23). The van der Waals surface area contributed by atoms with Crippen molar-refractivity contribution in [2.75, 3.05) is 25.5 Å². The van der Waals surface area contributed by atoms with Gasteiger partial charge < -0.3 is 16.0 Å². The Morgan fingerprint density at radius 3 is 2.83 bits per heavy atom. The fourth-order valence-corrected chi connectivity index (χ4v) is 3.36. The summed E-state index contributed by atoms with van der Waals surface area (Å²) >= 11 is 1.56. The van der Waals surface area contributed by atoms with Gasteiger partial charge in [-0.25, -0.2) is 0 Å². The maximum atomic E-state index is 12.6. The minimum Gasteiger partial charge on any atom is -0.385 e. The molecule has 0 spiro atoms. The van der Waals surface area contributed by atoms with Crippen LogP contribution in [0.1, 0.15) is 55.5 Å². The van der Waals surface area contributed by atoms with E-state index in [-0.39, 0.29) is 17.2 Å². The summed E-state index contributed by atoms with van der Waals surface area (Å²) in [6.07, 6.45) is 2.31. The molecular weight excluding hydrogens is 320 g/mol. The zero-order valence-electron chi connectivity index (χ0n) is 15.0. The molecule has 0 bridgehead atoms. The van der Waals surface area contributed by atoms with E-state index in [4.69, 9.17) is 0 Å². The molecule has 1 amide bonds. The Morgan fingerprint density at radius 1 is 1.42 bits per heavy atom. The number of nitrogens with one attached hydrogen (secondary N) is 3. The minimum atomic E-state index is -0.0817. The monoisotopic (exact) mass is 348 g/mol. The molecule has 0 saturated carbocycles. The van der Waals surface area contributed by atoms with Crippen LogP contribution in [-0.2, 0) is 0 Å². The molecule has 5 nitrogen and oxygen atoms in total. The second-order valence-electron chi connectivity index (χ2n) is 6.23. The Morgan fingerprint density at radius 2 is 2.21 bits per heavy atom. The van der Waals surface area contributed by atoms with Gasteiger partial charge in [0.2, 0.25) is 0 Å². The van der Waals surface area contributed by atoms with E-state index in [0.717, 1.165) is 36.2 Å². The number of anilines is 1. The van der Waals surface area contributed by atoms with Crippen molar-refractivity contribution in [3.05, 3.63) is 29.3 Å². The van der Waals surface area contributed by atoms with Gasteiger partial charge in [0.05, 0.1) is 11.9 Å². The van der Waals surface area contributed by atoms with E-state index in [0.29, 0.717) is 11.7 Å². The van der Waals surface area contributed by atoms with Crippen LogP contribution in [0.25, 0.3) is 0 Å². The number of carbonyl (C=O) groups is 1. The van der Waals surface area contributed by atoms with Crippen molar-refractivity contribution in [3.8, 4) is 0 Å². The fraction of sp³-hybridized carbons (Fsp3) is 0.556. The number of hydrogen-bond donors (Lipinski definition) is 3. The second kappa shape index (κ2) is 9.08. The average Bonchev–Trinajstić information content (AvgIpc) is 3.02. The fourth-order valence-electron chi connectivity index (χ4n) is 2.53. The Balaban J connectivity index is 2.09. The van der Waals surface area contributed by atoms with Crippen LogP contribution in [0.5, 0.6) is 0 Å². The van der Waals surface area contributed by atoms with Crippen LogP contribution in [0.4, 0.5) is 5.69 Å². The molecule has 1 aromatic carbocycles. The summed E-state index contributed by atoms with van der Waals surface area (Å²) in [5.41, 5.74) is 2.86. The lowest BCUT2D eigenvalue weighted by Crippen LogP contribution is -2.30. The van der Waals surface area contributed by atoms with Crippen LogP contribution in [0, 0.1) is 0 Å². The third-order valence-corrected chi connectivity index (χ3v) is 5.10. The molecule has 1 aliphatic rings. The predicted octanol–water partition coefficient (Wildman–Crippen LogP) is 3.40. The van der Waals surface area contributed by atoms with Gasteiger partial charge >= 0.3 is 0 Å². The number of unbranched alkanes of at least 4 members (excludes halogenated alkanes) is 1. The van der Waals surface area contributed by atoms with E-state index >= 15 is 0 Å². The van der Waals surface area contributed by atoms with Gasteiger partial charge in [-0.2, -0.15) is 0 Å². The van der Waals surface area contributed by atoms with E-state index < -0.39 is 0 Å².